The van der Waals surface area contributed by atoms with Crippen molar-refractivity contribution in [3.8, 4) is 17.1 Å². The van der Waals surface area contributed by atoms with Gasteiger partial charge in [-0.3, -0.25) is 0 Å². The number of carboxylic acid groups (broad SMARTS) is 1. The fourth-order valence-electron chi connectivity index (χ4n) is 2.79. The highest BCUT2D eigenvalue weighted by molar-refractivity contribution is 7.99. The van der Waals surface area contributed by atoms with Crippen molar-refractivity contribution in [3.63, 3.8) is 0 Å². The number of ether oxygens (including phenoxy) is 1. The zero-order valence-electron chi connectivity index (χ0n) is 14.4. The predicted octanol–water partition coefficient (Wildman–Crippen LogP) is 3.85. The Kier molecular flexibility index (Phi) is 4.64. The summed E-state index contributed by atoms with van der Waals surface area (Å²) in [5, 5.41) is 21.5. The smallest absolute Gasteiger partial charge is 0.335 e. The van der Waals surface area contributed by atoms with Crippen molar-refractivity contribution >= 4 is 23.4 Å². The van der Waals surface area contributed by atoms with Crippen LogP contribution in [0.2, 0.25) is 0 Å². The zero-order valence-corrected chi connectivity index (χ0v) is 15.2. The number of aromatic nitrogens is 3. The number of anilines is 1. The zero-order chi connectivity index (χ0) is 18.8. The average Bonchev–Trinajstić information content (AvgIpc) is 2.85. The third-order valence-corrected chi connectivity index (χ3v) is 4.79. The quantitative estimate of drug-likeness (QED) is 0.659. The Balaban J connectivity index is 1.78. The Morgan fingerprint density at radius 3 is 2.70 bits per heavy atom. The molecule has 0 spiro atoms. The highest BCUT2D eigenvalue weighted by atomic mass is 32.2. The van der Waals surface area contributed by atoms with Crippen molar-refractivity contribution < 1.29 is 14.6 Å². The summed E-state index contributed by atoms with van der Waals surface area (Å²) in [6.07, 6.45) is -0.536. The minimum Gasteiger partial charge on any atom is -0.478 e. The van der Waals surface area contributed by atoms with E-state index in [0.29, 0.717) is 16.7 Å². The second kappa shape index (κ2) is 7.24. The number of hydrogen-bond donors (Lipinski definition) is 2. The van der Waals surface area contributed by atoms with Crippen molar-refractivity contribution in [1.82, 2.24) is 15.2 Å². The molecule has 0 bridgehead atoms. The molecule has 136 valence electrons. The van der Waals surface area contributed by atoms with E-state index in [9.17, 15) is 4.79 Å². The summed E-state index contributed by atoms with van der Waals surface area (Å²) in [7, 11) is 0. The van der Waals surface area contributed by atoms with Gasteiger partial charge in [-0.05, 0) is 24.0 Å². The number of para-hydroxylation sites is 1. The van der Waals surface area contributed by atoms with E-state index in [2.05, 4.69) is 20.5 Å². The van der Waals surface area contributed by atoms with Crippen molar-refractivity contribution in [2.24, 2.45) is 0 Å². The molecule has 27 heavy (non-hydrogen) atoms. The van der Waals surface area contributed by atoms with Crippen LogP contribution in [0.4, 0.5) is 5.69 Å². The predicted molar refractivity (Wildman–Crippen MR) is 102 cm³/mol. The molecule has 2 aromatic carbocycles. The van der Waals surface area contributed by atoms with E-state index < -0.39 is 12.2 Å². The van der Waals surface area contributed by atoms with Gasteiger partial charge in [-0.2, -0.15) is 4.98 Å². The van der Waals surface area contributed by atoms with E-state index in [-0.39, 0.29) is 5.56 Å². The summed E-state index contributed by atoms with van der Waals surface area (Å²) >= 11 is 1.49. The van der Waals surface area contributed by atoms with Crippen LogP contribution in [-0.4, -0.2) is 32.0 Å². The van der Waals surface area contributed by atoms with Gasteiger partial charge in [0.1, 0.15) is 0 Å². The summed E-state index contributed by atoms with van der Waals surface area (Å²) in [6.45, 7) is 2.02. The number of carboxylic acids is 1. The summed E-state index contributed by atoms with van der Waals surface area (Å²) in [5.41, 5.74) is 3.27. The molecule has 4 rings (SSSR count). The molecule has 0 aliphatic carbocycles. The standard InChI is InChI=1S/C19H16N4O3S/c1-2-27-19-21-17-15(22-23-19)13-5-3-4-6-14(13)20-16(26-17)11-7-9-12(10-8-11)18(24)25/h3-10,16,20H,2H2,1H3,(H,24,25)/t16-/m1/s1. The summed E-state index contributed by atoms with van der Waals surface area (Å²) in [5.74, 6) is 0.255. The molecule has 1 atom stereocenters. The summed E-state index contributed by atoms with van der Waals surface area (Å²) < 4.78 is 6.13. The van der Waals surface area contributed by atoms with Gasteiger partial charge in [0.15, 0.2) is 11.9 Å². The molecule has 7 nitrogen and oxygen atoms in total. The third-order valence-electron chi connectivity index (χ3n) is 4.07. The van der Waals surface area contributed by atoms with Crippen LogP contribution in [0.15, 0.2) is 53.7 Å². The normalized spacial score (nSPS) is 14.9. The molecule has 1 aliphatic rings. The molecule has 8 heteroatoms. The number of nitrogens with one attached hydrogen (secondary N) is 1. The van der Waals surface area contributed by atoms with E-state index >= 15 is 0 Å². The topological polar surface area (TPSA) is 97.2 Å². The molecule has 2 N–H and O–H groups in total. The fraction of sp³-hybridized carbons (Fsp3) is 0.158. The van der Waals surface area contributed by atoms with Gasteiger partial charge in [0.25, 0.3) is 0 Å². The number of rotatable bonds is 4. The largest absolute Gasteiger partial charge is 0.478 e. The molecule has 0 fully saturated rings. The molecular weight excluding hydrogens is 364 g/mol. The molecular formula is C19H16N4O3S. The first kappa shape index (κ1) is 17.3. The molecule has 1 aromatic heterocycles. The van der Waals surface area contributed by atoms with Gasteiger partial charge in [0, 0.05) is 16.8 Å². The van der Waals surface area contributed by atoms with Crippen molar-refractivity contribution in [2.45, 2.75) is 18.3 Å². The third kappa shape index (κ3) is 3.43. The summed E-state index contributed by atoms with van der Waals surface area (Å²) in [4.78, 5) is 15.6. The molecule has 0 radical (unpaired) electrons. The second-order valence-electron chi connectivity index (χ2n) is 5.80. The second-order valence-corrected chi connectivity index (χ2v) is 7.03. The van der Waals surface area contributed by atoms with Gasteiger partial charge in [0.2, 0.25) is 11.0 Å². The SMILES string of the molecule is CCSc1nnc2c(n1)O[C@H](c1ccc(C(=O)O)cc1)Nc1ccccc1-2. The van der Waals surface area contributed by atoms with Crippen LogP contribution in [0, 0.1) is 0 Å². The Morgan fingerprint density at radius 2 is 1.96 bits per heavy atom. The number of aromatic carboxylic acids is 1. The number of benzene rings is 2. The fourth-order valence-corrected chi connectivity index (χ4v) is 3.29. The maximum absolute atomic E-state index is 11.1. The molecule has 3 aromatic rings. The first-order valence-corrected chi connectivity index (χ1v) is 9.37. The van der Waals surface area contributed by atoms with Gasteiger partial charge in [-0.1, -0.05) is 49.0 Å². The molecule has 0 saturated carbocycles. The Labute approximate surface area is 159 Å². The lowest BCUT2D eigenvalue weighted by Gasteiger charge is -2.19. The highest BCUT2D eigenvalue weighted by Crippen LogP contribution is 2.39. The van der Waals surface area contributed by atoms with Crippen molar-refractivity contribution in [2.75, 3.05) is 11.1 Å². The lowest BCUT2D eigenvalue weighted by molar-refractivity contribution is 0.0696. The van der Waals surface area contributed by atoms with Gasteiger partial charge < -0.3 is 15.2 Å². The Morgan fingerprint density at radius 1 is 1.19 bits per heavy atom. The summed E-state index contributed by atoms with van der Waals surface area (Å²) in [6, 6.07) is 14.3. The Bertz CT molecular complexity index is 994. The lowest BCUT2D eigenvalue weighted by atomic mass is 10.1. The number of fused-ring (bicyclic) bond motifs is 3. The average molecular weight is 380 g/mol. The monoisotopic (exact) mass is 380 g/mol. The Hall–Kier alpha value is -3.13. The number of hydrogen-bond acceptors (Lipinski definition) is 7. The van der Waals surface area contributed by atoms with Gasteiger partial charge in [-0.25, -0.2) is 4.79 Å². The van der Waals surface area contributed by atoms with E-state index in [4.69, 9.17) is 9.84 Å². The van der Waals surface area contributed by atoms with E-state index in [1.54, 1.807) is 24.3 Å². The minimum absolute atomic E-state index is 0.221. The highest BCUT2D eigenvalue weighted by Gasteiger charge is 2.26. The van der Waals surface area contributed by atoms with Gasteiger partial charge >= 0.3 is 5.97 Å². The molecule has 1 aliphatic heterocycles. The van der Waals surface area contributed by atoms with E-state index in [1.807, 2.05) is 31.2 Å². The van der Waals surface area contributed by atoms with Crippen LogP contribution < -0.4 is 10.1 Å². The first-order valence-electron chi connectivity index (χ1n) is 8.39. The van der Waals surface area contributed by atoms with Crippen LogP contribution in [0.5, 0.6) is 5.88 Å². The molecule has 2 heterocycles. The van der Waals surface area contributed by atoms with Crippen molar-refractivity contribution in [3.05, 3.63) is 59.7 Å². The number of carbonyl (C=O) groups is 1. The van der Waals surface area contributed by atoms with Crippen LogP contribution in [-0.2, 0) is 0 Å². The maximum atomic E-state index is 11.1. The number of nitrogens with zero attached hydrogens (tertiary/aromatic N) is 3. The molecule has 0 amide bonds. The van der Waals surface area contributed by atoms with Gasteiger partial charge in [0.05, 0.1) is 5.56 Å². The lowest BCUT2D eigenvalue weighted by Crippen LogP contribution is -2.17. The van der Waals surface area contributed by atoms with Crippen LogP contribution in [0.25, 0.3) is 11.3 Å². The van der Waals surface area contributed by atoms with E-state index in [0.717, 1.165) is 22.6 Å². The van der Waals surface area contributed by atoms with Crippen LogP contribution >= 0.6 is 11.8 Å². The molecule has 0 unspecified atom stereocenters. The van der Waals surface area contributed by atoms with Gasteiger partial charge in [-0.15, -0.1) is 10.2 Å². The maximum Gasteiger partial charge on any atom is 0.335 e. The minimum atomic E-state index is -0.967. The van der Waals surface area contributed by atoms with Crippen molar-refractivity contribution in [1.29, 1.82) is 0 Å². The van der Waals surface area contributed by atoms with Crippen LogP contribution in [0.1, 0.15) is 29.1 Å². The van der Waals surface area contributed by atoms with Crippen LogP contribution in [0.3, 0.4) is 0 Å². The molecule has 0 saturated heterocycles. The number of thioether (sulfide) groups is 1. The van der Waals surface area contributed by atoms with E-state index in [1.165, 1.54) is 11.8 Å². The first-order chi connectivity index (χ1) is 13.2.